The fourth-order valence-electron chi connectivity index (χ4n) is 4.03. The van der Waals surface area contributed by atoms with Gasteiger partial charge in [-0.3, -0.25) is 24.7 Å². The van der Waals surface area contributed by atoms with E-state index in [2.05, 4.69) is 46.0 Å². The minimum Gasteiger partial charge on any atom is -0.368 e. The quantitative estimate of drug-likeness (QED) is 0.320. The van der Waals surface area contributed by atoms with Crippen molar-refractivity contribution < 1.29 is 9.59 Å². The molecule has 0 atom stereocenters. The number of amides is 2. The molecule has 2 aromatic rings. The Morgan fingerprint density at radius 2 is 1.66 bits per heavy atom. The predicted octanol–water partition coefficient (Wildman–Crippen LogP) is 2.82. The Morgan fingerprint density at radius 1 is 0.969 bits per heavy atom. The van der Waals surface area contributed by atoms with Crippen LogP contribution < -0.4 is 10.2 Å². The highest BCUT2D eigenvalue weighted by Gasteiger charge is 2.33. The van der Waals surface area contributed by atoms with Gasteiger partial charge < -0.3 is 4.90 Å². The Balaban J connectivity index is 1.51. The summed E-state index contributed by atoms with van der Waals surface area (Å²) >= 11 is 5.14. The number of para-hydroxylation sites is 1. The van der Waals surface area contributed by atoms with Gasteiger partial charge in [0.25, 0.3) is 11.8 Å². The Hall–Kier alpha value is -3.29. The molecule has 0 bridgehead atoms. The lowest BCUT2D eigenvalue weighted by atomic mass is 10.0. The lowest BCUT2D eigenvalue weighted by Crippen LogP contribution is -2.53. The second-order valence-electron chi connectivity index (χ2n) is 7.83. The molecule has 4 rings (SSSR count). The van der Waals surface area contributed by atoms with Crippen molar-refractivity contribution >= 4 is 40.9 Å². The molecule has 0 saturated carbocycles. The number of benzene rings is 2. The van der Waals surface area contributed by atoms with Crippen molar-refractivity contribution in [1.82, 2.24) is 15.1 Å². The summed E-state index contributed by atoms with van der Waals surface area (Å²) in [6, 6.07) is 18.4. The van der Waals surface area contributed by atoms with Crippen molar-refractivity contribution in [2.75, 3.05) is 37.6 Å². The van der Waals surface area contributed by atoms with Crippen LogP contribution in [0.3, 0.4) is 0 Å². The summed E-state index contributed by atoms with van der Waals surface area (Å²) in [5.74, 6) is -0.871. The maximum absolute atomic E-state index is 12.9. The number of rotatable bonds is 6. The number of anilines is 1. The molecule has 0 radical (unpaired) electrons. The summed E-state index contributed by atoms with van der Waals surface area (Å²) in [6.45, 7) is 8.49. The van der Waals surface area contributed by atoms with Crippen LogP contribution in [0, 0.1) is 0 Å². The standard InChI is InChI=1S/C25H26N4O2S/c1-2-12-29-24(31)21(23(30)26-25(29)32)17-20-10-6-7-11-22(20)28-15-13-27(14-16-28)18-19-8-4-3-5-9-19/h2-11,17H,1,12-16,18H2,(H,26,30,32). The monoisotopic (exact) mass is 446 g/mol. The van der Waals surface area contributed by atoms with Gasteiger partial charge >= 0.3 is 0 Å². The molecule has 0 aromatic heterocycles. The first-order valence-corrected chi connectivity index (χ1v) is 11.1. The zero-order chi connectivity index (χ0) is 22.5. The molecule has 2 aliphatic heterocycles. The van der Waals surface area contributed by atoms with Gasteiger partial charge in [-0.15, -0.1) is 6.58 Å². The maximum Gasteiger partial charge on any atom is 0.265 e. The van der Waals surface area contributed by atoms with E-state index in [0.717, 1.165) is 44.0 Å². The molecule has 2 amide bonds. The van der Waals surface area contributed by atoms with E-state index < -0.39 is 11.8 Å². The molecule has 0 spiro atoms. The zero-order valence-corrected chi connectivity index (χ0v) is 18.7. The summed E-state index contributed by atoms with van der Waals surface area (Å²) in [5, 5.41) is 2.72. The summed E-state index contributed by atoms with van der Waals surface area (Å²) in [7, 11) is 0. The molecule has 7 heteroatoms. The van der Waals surface area contributed by atoms with Crippen LogP contribution in [0.4, 0.5) is 5.69 Å². The number of nitrogens with zero attached hydrogens (tertiary/aromatic N) is 3. The zero-order valence-electron chi connectivity index (χ0n) is 17.9. The van der Waals surface area contributed by atoms with E-state index in [1.54, 1.807) is 12.2 Å². The van der Waals surface area contributed by atoms with Crippen molar-refractivity contribution in [2.24, 2.45) is 0 Å². The van der Waals surface area contributed by atoms with Crippen molar-refractivity contribution in [1.29, 1.82) is 0 Å². The highest BCUT2D eigenvalue weighted by molar-refractivity contribution is 7.80. The van der Waals surface area contributed by atoms with Gasteiger partial charge in [-0.25, -0.2) is 0 Å². The van der Waals surface area contributed by atoms with E-state index in [4.69, 9.17) is 12.2 Å². The van der Waals surface area contributed by atoms with Gasteiger partial charge in [-0.05, 0) is 35.5 Å². The Bertz CT molecular complexity index is 1060. The summed E-state index contributed by atoms with van der Waals surface area (Å²) in [5.41, 5.74) is 3.25. The van der Waals surface area contributed by atoms with Crippen molar-refractivity contribution in [2.45, 2.75) is 6.54 Å². The number of thiocarbonyl (C=S) groups is 1. The third kappa shape index (κ3) is 4.79. The first kappa shape index (κ1) is 21.9. The normalized spacial score (nSPS) is 18.8. The summed E-state index contributed by atoms with van der Waals surface area (Å²) in [4.78, 5) is 31.5. The SMILES string of the molecule is C=CCN1C(=O)C(=Cc2ccccc2N2CCN(Cc3ccccc3)CC2)C(=O)NC1=S. The molecule has 32 heavy (non-hydrogen) atoms. The van der Waals surface area contributed by atoms with Gasteiger partial charge in [-0.2, -0.15) is 0 Å². The van der Waals surface area contributed by atoms with Crippen LogP contribution in [0.15, 0.2) is 72.8 Å². The molecule has 0 aliphatic carbocycles. The Kier molecular flexibility index (Phi) is 6.78. The van der Waals surface area contributed by atoms with E-state index in [1.165, 1.54) is 10.5 Å². The van der Waals surface area contributed by atoms with Crippen molar-refractivity contribution in [3.05, 3.63) is 84.0 Å². The lowest BCUT2D eigenvalue weighted by Gasteiger charge is -2.37. The lowest BCUT2D eigenvalue weighted by molar-refractivity contribution is -0.128. The Labute approximate surface area is 193 Å². The van der Waals surface area contributed by atoms with Crippen LogP contribution >= 0.6 is 12.2 Å². The van der Waals surface area contributed by atoms with Crippen LogP contribution in [0.2, 0.25) is 0 Å². The molecule has 2 saturated heterocycles. The smallest absolute Gasteiger partial charge is 0.265 e. The summed E-state index contributed by atoms with van der Waals surface area (Å²) in [6.07, 6.45) is 3.25. The van der Waals surface area contributed by atoms with E-state index in [9.17, 15) is 9.59 Å². The first-order chi connectivity index (χ1) is 15.6. The molecule has 1 N–H and O–H groups in total. The maximum atomic E-state index is 12.9. The molecule has 6 nitrogen and oxygen atoms in total. The van der Waals surface area contributed by atoms with Gasteiger partial charge in [0.2, 0.25) is 0 Å². The molecular weight excluding hydrogens is 420 g/mol. The molecule has 2 aliphatic rings. The van der Waals surface area contributed by atoms with E-state index >= 15 is 0 Å². The van der Waals surface area contributed by atoms with Gasteiger partial charge in [0.15, 0.2) is 5.11 Å². The minimum atomic E-state index is -0.470. The van der Waals surface area contributed by atoms with Gasteiger partial charge in [0.1, 0.15) is 5.57 Å². The van der Waals surface area contributed by atoms with Crippen LogP contribution in [-0.4, -0.2) is 59.5 Å². The largest absolute Gasteiger partial charge is 0.368 e. The second-order valence-corrected chi connectivity index (χ2v) is 8.22. The molecule has 2 heterocycles. The minimum absolute atomic E-state index is 0.0793. The average Bonchev–Trinajstić information content (AvgIpc) is 2.81. The molecular formula is C25H26N4O2S. The first-order valence-electron chi connectivity index (χ1n) is 10.7. The van der Waals surface area contributed by atoms with Crippen LogP contribution in [0.25, 0.3) is 6.08 Å². The van der Waals surface area contributed by atoms with E-state index in [0.29, 0.717) is 0 Å². The Morgan fingerprint density at radius 3 is 2.38 bits per heavy atom. The number of carbonyl (C=O) groups is 2. The van der Waals surface area contributed by atoms with Crippen molar-refractivity contribution in [3.8, 4) is 0 Å². The van der Waals surface area contributed by atoms with Gasteiger partial charge in [-0.1, -0.05) is 54.6 Å². The van der Waals surface area contributed by atoms with Crippen LogP contribution in [-0.2, 0) is 16.1 Å². The highest BCUT2D eigenvalue weighted by atomic mass is 32.1. The van der Waals surface area contributed by atoms with Gasteiger partial charge in [0, 0.05) is 45.0 Å². The third-order valence-electron chi connectivity index (χ3n) is 5.70. The van der Waals surface area contributed by atoms with Crippen molar-refractivity contribution in [3.63, 3.8) is 0 Å². The fraction of sp³-hybridized carbons (Fsp3) is 0.240. The summed E-state index contributed by atoms with van der Waals surface area (Å²) < 4.78 is 0. The molecule has 164 valence electrons. The molecule has 2 aromatic carbocycles. The number of carbonyl (C=O) groups excluding carboxylic acids is 2. The predicted molar refractivity (Wildman–Crippen MR) is 131 cm³/mol. The average molecular weight is 447 g/mol. The van der Waals surface area contributed by atoms with E-state index in [1.807, 2.05) is 30.3 Å². The third-order valence-corrected chi connectivity index (χ3v) is 6.02. The number of piperazine rings is 1. The van der Waals surface area contributed by atoms with Gasteiger partial charge in [0.05, 0.1) is 0 Å². The number of hydrogen-bond acceptors (Lipinski definition) is 5. The van der Waals surface area contributed by atoms with Crippen LogP contribution in [0.1, 0.15) is 11.1 Å². The van der Waals surface area contributed by atoms with E-state index in [-0.39, 0.29) is 17.2 Å². The number of nitrogens with one attached hydrogen (secondary N) is 1. The molecule has 0 unspecified atom stereocenters. The molecule has 2 fully saturated rings. The number of hydrogen-bond donors (Lipinski definition) is 1. The highest BCUT2D eigenvalue weighted by Crippen LogP contribution is 2.26. The second kappa shape index (κ2) is 9.89. The van der Waals surface area contributed by atoms with Crippen LogP contribution in [0.5, 0.6) is 0 Å². The topological polar surface area (TPSA) is 55.9 Å². The fourth-order valence-corrected chi connectivity index (χ4v) is 4.28.